The van der Waals surface area contributed by atoms with Crippen LogP contribution in [0.5, 0.6) is 0 Å². The van der Waals surface area contributed by atoms with E-state index in [-0.39, 0.29) is 6.10 Å². The van der Waals surface area contributed by atoms with Crippen LogP contribution in [0.4, 0.5) is 0 Å². The van der Waals surface area contributed by atoms with Crippen molar-refractivity contribution in [3.63, 3.8) is 0 Å². The Hall–Kier alpha value is -0.0400. The van der Waals surface area contributed by atoms with Crippen molar-refractivity contribution in [2.75, 3.05) is 0 Å². The van der Waals surface area contributed by atoms with E-state index in [4.69, 9.17) is 0 Å². The Labute approximate surface area is 86.9 Å². The summed E-state index contributed by atoms with van der Waals surface area (Å²) in [6.07, 6.45) is 8.24. The van der Waals surface area contributed by atoms with Crippen molar-refractivity contribution in [2.45, 2.75) is 51.6 Å². The van der Waals surface area contributed by atoms with Gasteiger partial charge in [0.2, 0.25) is 0 Å². The molecule has 14 heavy (non-hydrogen) atoms. The standard InChI is InChI=1S/C13H22O/c1-2-12(14)13-10-4-8-3-9(6-10)7-11(13)5-8/h8-14H,2-7H2,1H3. The van der Waals surface area contributed by atoms with Crippen molar-refractivity contribution in [2.24, 2.45) is 29.6 Å². The first-order valence-electron chi connectivity index (χ1n) is 6.46. The van der Waals surface area contributed by atoms with Crippen LogP contribution in [0.15, 0.2) is 0 Å². The fourth-order valence-electron chi connectivity index (χ4n) is 4.87. The van der Waals surface area contributed by atoms with Crippen molar-refractivity contribution >= 4 is 0 Å². The normalized spacial score (nSPS) is 52.3. The molecule has 4 fully saturated rings. The van der Waals surface area contributed by atoms with Gasteiger partial charge in [0, 0.05) is 0 Å². The quantitative estimate of drug-likeness (QED) is 0.716. The molecule has 1 unspecified atom stereocenters. The van der Waals surface area contributed by atoms with Crippen LogP contribution in [0.3, 0.4) is 0 Å². The Morgan fingerprint density at radius 3 is 1.93 bits per heavy atom. The van der Waals surface area contributed by atoms with Gasteiger partial charge in [0.05, 0.1) is 6.10 Å². The molecule has 0 aliphatic heterocycles. The topological polar surface area (TPSA) is 20.2 Å². The third-order valence-corrected chi connectivity index (χ3v) is 5.16. The predicted molar refractivity (Wildman–Crippen MR) is 56.8 cm³/mol. The lowest BCUT2D eigenvalue weighted by Gasteiger charge is -2.55. The van der Waals surface area contributed by atoms with Gasteiger partial charge < -0.3 is 5.11 Å². The van der Waals surface area contributed by atoms with Crippen LogP contribution in [0.2, 0.25) is 0 Å². The second-order valence-corrected chi connectivity index (χ2v) is 5.98. The van der Waals surface area contributed by atoms with Crippen molar-refractivity contribution < 1.29 is 5.11 Å². The summed E-state index contributed by atoms with van der Waals surface area (Å²) in [7, 11) is 0. The molecular weight excluding hydrogens is 172 g/mol. The zero-order valence-electron chi connectivity index (χ0n) is 9.15. The highest BCUT2D eigenvalue weighted by Gasteiger charge is 2.49. The van der Waals surface area contributed by atoms with Crippen LogP contribution in [-0.4, -0.2) is 11.2 Å². The van der Waals surface area contributed by atoms with Crippen molar-refractivity contribution in [1.82, 2.24) is 0 Å². The first kappa shape index (κ1) is 9.21. The molecule has 4 bridgehead atoms. The molecule has 0 aromatic carbocycles. The van der Waals surface area contributed by atoms with Gasteiger partial charge in [0.15, 0.2) is 0 Å². The molecule has 0 spiro atoms. The van der Waals surface area contributed by atoms with E-state index >= 15 is 0 Å². The molecule has 0 radical (unpaired) electrons. The highest BCUT2D eigenvalue weighted by Crippen LogP contribution is 2.57. The van der Waals surface area contributed by atoms with E-state index in [1.165, 1.54) is 32.1 Å². The van der Waals surface area contributed by atoms with Gasteiger partial charge in [-0.05, 0) is 68.1 Å². The fourth-order valence-corrected chi connectivity index (χ4v) is 4.87. The van der Waals surface area contributed by atoms with Crippen LogP contribution in [0.25, 0.3) is 0 Å². The summed E-state index contributed by atoms with van der Waals surface area (Å²) in [5, 5.41) is 10.1. The average molecular weight is 194 g/mol. The zero-order chi connectivity index (χ0) is 9.71. The smallest absolute Gasteiger partial charge is 0.0571 e. The molecule has 4 rings (SSSR count). The largest absolute Gasteiger partial charge is 0.393 e. The monoisotopic (exact) mass is 194 g/mol. The molecule has 0 saturated heterocycles. The number of hydrogen-bond acceptors (Lipinski definition) is 1. The Bertz CT molecular complexity index is 195. The summed E-state index contributed by atoms with van der Waals surface area (Å²) >= 11 is 0. The van der Waals surface area contributed by atoms with Crippen LogP contribution in [0.1, 0.15) is 45.4 Å². The van der Waals surface area contributed by atoms with Gasteiger partial charge >= 0.3 is 0 Å². The molecular formula is C13H22O. The summed E-state index contributed by atoms with van der Waals surface area (Å²) in [6, 6.07) is 0. The summed E-state index contributed by atoms with van der Waals surface area (Å²) in [5.41, 5.74) is 0. The lowest BCUT2D eigenvalue weighted by atomic mass is 9.51. The van der Waals surface area contributed by atoms with E-state index in [1.54, 1.807) is 0 Å². The van der Waals surface area contributed by atoms with Gasteiger partial charge in [-0.3, -0.25) is 0 Å². The highest BCUT2D eigenvalue weighted by atomic mass is 16.3. The first-order valence-corrected chi connectivity index (χ1v) is 6.46. The maximum Gasteiger partial charge on any atom is 0.0571 e. The maximum atomic E-state index is 10.1. The molecule has 0 aromatic rings. The summed E-state index contributed by atoms with van der Waals surface area (Å²) in [6.45, 7) is 2.13. The Morgan fingerprint density at radius 2 is 1.50 bits per heavy atom. The van der Waals surface area contributed by atoms with E-state index in [0.29, 0.717) is 5.92 Å². The maximum absolute atomic E-state index is 10.1. The van der Waals surface area contributed by atoms with Gasteiger partial charge in [0.1, 0.15) is 0 Å². The highest BCUT2D eigenvalue weighted by molar-refractivity contribution is 4.99. The molecule has 0 aromatic heterocycles. The Morgan fingerprint density at radius 1 is 1.00 bits per heavy atom. The lowest BCUT2D eigenvalue weighted by Crippen LogP contribution is -2.49. The van der Waals surface area contributed by atoms with E-state index in [2.05, 4.69) is 6.92 Å². The van der Waals surface area contributed by atoms with E-state index < -0.39 is 0 Å². The fraction of sp³-hybridized carbons (Fsp3) is 1.00. The minimum atomic E-state index is 0.00463. The van der Waals surface area contributed by atoms with E-state index in [1.807, 2.05) is 0 Å². The third kappa shape index (κ3) is 1.25. The van der Waals surface area contributed by atoms with Crippen LogP contribution in [-0.2, 0) is 0 Å². The Kier molecular flexibility index (Phi) is 2.12. The van der Waals surface area contributed by atoms with E-state index in [0.717, 1.165) is 30.1 Å². The van der Waals surface area contributed by atoms with Gasteiger partial charge in [-0.1, -0.05) is 6.92 Å². The minimum Gasteiger partial charge on any atom is -0.393 e. The number of aliphatic hydroxyl groups excluding tert-OH is 1. The molecule has 1 nitrogen and oxygen atoms in total. The van der Waals surface area contributed by atoms with Crippen LogP contribution in [0, 0.1) is 29.6 Å². The van der Waals surface area contributed by atoms with E-state index in [9.17, 15) is 5.11 Å². The second-order valence-electron chi connectivity index (χ2n) is 5.98. The SMILES string of the molecule is CCC(O)C1C2CC3CC(C2)CC1C3. The van der Waals surface area contributed by atoms with Crippen molar-refractivity contribution in [3.05, 3.63) is 0 Å². The summed E-state index contributed by atoms with van der Waals surface area (Å²) < 4.78 is 0. The molecule has 0 amide bonds. The molecule has 0 heterocycles. The molecule has 1 atom stereocenters. The minimum absolute atomic E-state index is 0.00463. The van der Waals surface area contributed by atoms with Gasteiger partial charge in [-0.2, -0.15) is 0 Å². The molecule has 1 N–H and O–H groups in total. The van der Waals surface area contributed by atoms with Gasteiger partial charge in [-0.25, -0.2) is 0 Å². The summed E-state index contributed by atoms with van der Waals surface area (Å²) in [4.78, 5) is 0. The molecule has 4 aliphatic carbocycles. The van der Waals surface area contributed by atoms with Crippen molar-refractivity contribution in [1.29, 1.82) is 0 Å². The Balaban J connectivity index is 1.81. The predicted octanol–water partition coefficient (Wildman–Crippen LogP) is 2.83. The van der Waals surface area contributed by atoms with Gasteiger partial charge in [0.25, 0.3) is 0 Å². The number of hydrogen-bond donors (Lipinski definition) is 1. The first-order chi connectivity index (χ1) is 6.78. The molecule has 4 saturated carbocycles. The summed E-state index contributed by atoms with van der Waals surface area (Å²) in [5.74, 6) is 4.53. The van der Waals surface area contributed by atoms with Crippen LogP contribution < -0.4 is 0 Å². The molecule has 80 valence electrons. The molecule has 4 aliphatic rings. The van der Waals surface area contributed by atoms with Gasteiger partial charge in [-0.15, -0.1) is 0 Å². The van der Waals surface area contributed by atoms with Crippen molar-refractivity contribution in [3.8, 4) is 0 Å². The zero-order valence-corrected chi connectivity index (χ0v) is 9.15. The number of aliphatic hydroxyl groups is 1. The average Bonchev–Trinajstić information content (AvgIpc) is 2.15. The molecule has 1 heteroatoms. The second kappa shape index (κ2) is 3.23. The lowest BCUT2D eigenvalue weighted by molar-refractivity contribution is -0.0898. The van der Waals surface area contributed by atoms with Crippen LogP contribution >= 0.6 is 0 Å². The number of rotatable bonds is 2. The third-order valence-electron chi connectivity index (χ3n) is 5.16.